The van der Waals surface area contributed by atoms with E-state index in [-0.39, 0.29) is 0 Å². The molecule has 0 heterocycles. The highest BCUT2D eigenvalue weighted by atomic mass is 14.9. The average molecular weight is 394 g/mol. The van der Waals surface area contributed by atoms with Crippen molar-refractivity contribution >= 4 is 0 Å². The summed E-state index contributed by atoms with van der Waals surface area (Å²) in [7, 11) is 0. The Morgan fingerprint density at radius 1 is 0.931 bits per heavy atom. The van der Waals surface area contributed by atoms with Crippen LogP contribution in [0.1, 0.15) is 84.1 Å². The second-order valence-electron chi connectivity index (χ2n) is 11.7. The van der Waals surface area contributed by atoms with E-state index >= 15 is 0 Å². The molecule has 3 unspecified atom stereocenters. The summed E-state index contributed by atoms with van der Waals surface area (Å²) in [6.07, 6.45) is 13.7. The molecule has 9 atom stereocenters. The molecule has 4 aliphatic carbocycles. The van der Waals surface area contributed by atoms with E-state index in [1.54, 1.807) is 25.7 Å². The van der Waals surface area contributed by atoms with Crippen LogP contribution < -0.4 is 5.32 Å². The summed E-state index contributed by atoms with van der Waals surface area (Å²) in [4.78, 5) is 0. The van der Waals surface area contributed by atoms with E-state index in [9.17, 15) is 0 Å². The molecule has 0 spiro atoms. The molecule has 4 aliphatic rings. The van der Waals surface area contributed by atoms with Crippen molar-refractivity contribution in [3.63, 3.8) is 0 Å². The van der Waals surface area contributed by atoms with Crippen LogP contribution in [-0.2, 0) is 6.54 Å². The van der Waals surface area contributed by atoms with Gasteiger partial charge in [-0.25, -0.2) is 0 Å². The van der Waals surface area contributed by atoms with Crippen LogP contribution in [0.3, 0.4) is 0 Å². The van der Waals surface area contributed by atoms with Crippen molar-refractivity contribution in [3.05, 3.63) is 35.9 Å². The van der Waals surface area contributed by atoms with E-state index in [2.05, 4.69) is 56.4 Å². The maximum absolute atomic E-state index is 3.92. The normalized spacial score (nSPS) is 45.1. The molecule has 0 aromatic heterocycles. The van der Waals surface area contributed by atoms with Crippen molar-refractivity contribution in [2.75, 3.05) is 0 Å². The first-order valence-corrected chi connectivity index (χ1v) is 12.8. The third-order valence-electron chi connectivity index (χ3n) is 10.4. The Balaban J connectivity index is 1.26. The van der Waals surface area contributed by atoms with Gasteiger partial charge < -0.3 is 5.32 Å². The smallest absolute Gasteiger partial charge is 0.0208 e. The standard InChI is InChI=1S/C28H43N/c1-19-9-11-23-22(17-19)10-12-25-24(23)15-16-28(3)26(13-14-27(25)28)20(2)29-18-21-7-5-4-6-8-21/h4-8,19-20,22-27,29H,9-18H2,1-3H3/t19-,20-,22+,23-,24?,25+,26?,27?,28+/m0/s1. The van der Waals surface area contributed by atoms with Gasteiger partial charge in [-0.15, -0.1) is 0 Å². The Morgan fingerprint density at radius 2 is 1.72 bits per heavy atom. The van der Waals surface area contributed by atoms with E-state index in [0.29, 0.717) is 11.5 Å². The number of rotatable bonds is 4. The van der Waals surface area contributed by atoms with Gasteiger partial charge in [-0.1, -0.05) is 50.6 Å². The topological polar surface area (TPSA) is 12.0 Å². The van der Waals surface area contributed by atoms with Crippen molar-refractivity contribution in [3.8, 4) is 0 Å². The predicted molar refractivity (Wildman–Crippen MR) is 123 cm³/mol. The fourth-order valence-electron chi connectivity index (χ4n) is 8.97. The first-order valence-electron chi connectivity index (χ1n) is 12.8. The number of hydrogen-bond acceptors (Lipinski definition) is 1. The minimum absolute atomic E-state index is 0.582. The fraction of sp³-hybridized carbons (Fsp3) is 0.786. The highest BCUT2D eigenvalue weighted by Gasteiger charge is 2.57. The van der Waals surface area contributed by atoms with E-state index < -0.39 is 0 Å². The van der Waals surface area contributed by atoms with Gasteiger partial charge in [0.25, 0.3) is 0 Å². The molecule has 1 heteroatoms. The molecule has 0 saturated heterocycles. The summed E-state index contributed by atoms with van der Waals surface area (Å²) in [5.41, 5.74) is 2.01. The zero-order valence-electron chi connectivity index (χ0n) is 19.1. The summed E-state index contributed by atoms with van der Waals surface area (Å²) in [6.45, 7) is 8.70. The fourth-order valence-corrected chi connectivity index (χ4v) is 8.97. The molecule has 160 valence electrons. The zero-order chi connectivity index (χ0) is 20.0. The van der Waals surface area contributed by atoms with Crippen molar-refractivity contribution in [1.82, 2.24) is 5.32 Å². The lowest BCUT2D eigenvalue weighted by atomic mass is 9.49. The minimum atomic E-state index is 0.582. The van der Waals surface area contributed by atoms with Gasteiger partial charge >= 0.3 is 0 Å². The number of benzene rings is 1. The van der Waals surface area contributed by atoms with Crippen LogP contribution in [0.5, 0.6) is 0 Å². The highest BCUT2D eigenvalue weighted by Crippen LogP contribution is 2.64. The summed E-state index contributed by atoms with van der Waals surface area (Å²) in [6, 6.07) is 11.6. The van der Waals surface area contributed by atoms with Crippen LogP contribution in [0.4, 0.5) is 0 Å². The third-order valence-corrected chi connectivity index (χ3v) is 10.4. The Hall–Kier alpha value is -0.820. The molecule has 29 heavy (non-hydrogen) atoms. The predicted octanol–water partition coefficient (Wildman–Crippen LogP) is 7.07. The van der Waals surface area contributed by atoms with Gasteiger partial charge in [-0.05, 0) is 111 Å². The van der Waals surface area contributed by atoms with Gasteiger partial charge in [0.15, 0.2) is 0 Å². The summed E-state index contributed by atoms with van der Waals surface area (Å²) in [5.74, 6) is 7.15. The van der Waals surface area contributed by atoms with Crippen LogP contribution in [0, 0.1) is 46.8 Å². The lowest BCUT2D eigenvalue weighted by Crippen LogP contribution is -2.50. The maximum Gasteiger partial charge on any atom is 0.0208 e. The van der Waals surface area contributed by atoms with Gasteiger partial charge in [0, 0.05) is 12.6 Å². The Kier molecular flexibility index (Phi) is 5.56. The second kappa shape index (κ2) is 8.03. The van der Waals surface area contributed by atoms with Gasteiger partial charge in [0.05, 0.1) is 0 Å². The molecule has 0 aliphatic heterocycles. The number of fused-ring (bicyclic) bond motifs is 5. The third kappa shape index (κ3) is 3.60. The molecule has 1 nitrogen and oxygen atoms in total. The molecule has 4 saturated carbocycles. The van der Waals surface area contributed by atoms with Crippen LogP contribution in [0.15, 0.2) is 30.3 Å². The molecular weight excluding hydrogens is 350 g/mol. The molecular formula is C28H43N. The number of hydrogen-bond donors (Lipinski definition) is 1. The van der Waals surface area contributed by atoms with Crippen LogP contribution in [0.25, 0.3) is 0 Å². The Bertz CT molecular complexity index is 683. The molecule has 0 radical (unpaired) electrons. The lowest BCUT2D eigenvalue weighted by Gasteiger charge is -2.56. The van der Waals surface area contributed by atoms with Gasteiger partial charge in [-0.2, -0.15) is 0 Å². The molecule has 1 N–H and O–H groups in total. The quantitative estimate of drug-likeness (QED) is 0.577. The van der Waals surface area contributed by atoms with E-state index in [0.717, 1.165) is 48.0 Å². The molecule has 0 amide bonds. The summed E-state index contributed by atoms with van der Waals surface area (Å²) >= 11 is 0. The first kappa shape index (κ1) is 20.1. The van der Waals surface area contributed by atoms with Crippen molar-refractivity contribution in [1.29, 1.82) is 0 Å². The van der Waals surface area contributed by atoms with Crippen molar-refractivity contribution in [2.45, 2.75) is 91.1 Å². The maximum atomic E-state index is 3.92. The summed E-state index contributed by atoms with van der Waals surface area (Å²) < 4.78 is 0. The van der Waals surface area contributed by atoms with Gasteiger partial charge in [0.2, 0.25) is 0 Å². The largest absolute Gasteiger partial charge is 0.310 e. The first-order chi connectivity index (χ1) is 14.1. The van der Waals surface area contributed by atoms with Crippen LogP contribution >= 0.6 is 0 Å². The molecule has 5 rings (SSSR count). The molecule has 4 fully saturated rings. The van der Waals surface area contributed by atoms with Crippen LogP contribution in [0.2, 0.25) is 0 Å². The van der Waals surface area contributed by atoms with E-state index in [1.807, 2.05) is 0 Å². The Morgan fingerprint density at radius 3 is 2.55 bits per heavy atom. The molecule has 0 bridgehead atoms. The highest BCUT2D eigenvalue weighted by molar-refractivity contribution is 5.15. The SMILES string of the molecule is C[C@H]1CC[C@@H]2C3CC[C@@]4(C)C(CCC4[C@H](C)NCc4ccccc4)[C@@H]3CC[C@@H]2C1. The van der Waals surface area contributed by atoms with Gasteiger partial charge in [0.1, 0.15) is 0 Å². The van der Waals surface area contributed by atoms with E-state index in [4.69, 9.17) is 0 Å². The lowest BCUT2D eigenvalue weighted by molar-refractivity contribution is -0.0702. The summed E-state index contributed by atoms with van der Waals surface area (Å²) in [5, 5.41) is 3.92. The number of nitrogens with one attached hydrogen (secondary N) is 1. The minimum Gasteiger partial charge on any atom is -0.310 e. The van der Waals surface area contributed by atoms with E-state index in [1.165, 1.54) is 37.7 Å². The Labute approximate surface area is 179 Å². The molecule has 1 aromatic carbocycles. The average Bonchev–Trinajstić information content (AvgIpc) is 3.09. The molecule has 1 aromatic rings. The van der Waals surface area contributed by atoms with Gasteiger partial charge in [-0.3, -0.25) is 0 Å². The van der Waals surface area contributed by atoms with Crippen molar-refractivity contribution in [2.24, 2.45) is 46.8 Å². The second-order valence-corrected chi connectivity index (χ2v) is 11.7. The zero-order valence-corrected chi connectivity index (χ0v) is 19.1. The van der Waals surface area contributed by atoms with Crippen LogP contribution in [-0.4, -0.2) is 6.04 Å². The van der Waals surface area contributed by atoms with Crippen molar-refractivity contribution < 1.29 is 0 Å². The monoisotopic (exact) mass is 393 g/mol.